The van der Waals surface area contributed by atoms with Crippen LogP contribution in [0.25, 0.3) is 11.3 Å². The lowest BCUT2D eigenvalue weighted by Crippen LogP contribution is -2.44. The van der Waals surface area contributed by atoms with Crippen molar-refractivity contribution in [2.24, 2.45) is 0 Å². The Morgan fingerprint density at radius 3 is 2.59 bits per heavy atom. The molecule has 114 valence electrons. The van der Waals surface area contributed by atoms with Gasteiger partial charge in [0.1, 0.15) is 6.04 Å². The number of aromatic nitrogens is 1. The van der Waals surface area contributed by atoms with E-state index in [0.29, 0.717) is 5.76 Å². The number of hydrogen-bond donors (Lipinski definition) is 1. The Morgan fingerprint density at radius 1 is 1.32 bits per heavy atom. The van der Waals surface area contributed by atoms with E-state index >= 15 is 0 Å². The number of carbonyl (C=O) groups is 2. The van der Waals surface area contributed by atoms with E-state index in [0.717, 1.165) is 18.4 Å². The van der Waals surface area contributed by atoms with Gasteiger partial charge in [0.05, 0.1) is 0 Å². The van der Waals surface area contributed by atoms with Crippen molar-refractivity contribution >= 4 is 11.9 Å². The minimum atomic E-state index is -1.02. The molecule has 0 radical (unpaired) electrons. The molecule has 0 spiro atoms. The fourth-order valence-corrected chi connectivity index (χ4v) is 2.38. The lowest BCUT2D eigenvalue weighted by Gasteiger charge is -2.25. The van der Waals surface area contributed by atoms with E-state index in [4.69, 9.17) is 4.52 Å². The molecule has 1 amide bonds. The van der Waals surface area contributed by atoms with Crippen LogP contribution in [0.15, 0.2) is 40.9 Å². The van der Waals surface area contributed by atoms with Crippen LogP contribution in [0.2, 0.25) is 0 Å². The highest BCUT2D eigenvalue weighted by molar-refractivity contribution is 5.96. The summed E-state index contributed by atoms with van der Waals surface area (Å²) < 4.78 is 5.22. The first kappa shape index (κ1) is 14.3. The number of hydrogen-bond acceptors (Lipinski definition) is 4. The number of nitrogens with zero attached hydrogens (tertiary/aromatic N) is 2. The van der Waals surface area contributed by atoms with Gasteiger partial charge in [-0.2, -0.15) is 0 Å². The zero-order valence-electron chi connectivity index (χ0n) is 12.1. The molecule has 22 heavy (non-hydrogen) atoms. The summed E-state index contributed by atoms with van der Waals surface area (Å²) in [6.45, 7) is 1.51. The highest BCUT2D eigenvalue weighted by Crippen LogP contribution is 2.31. The average Bonchev–Trinajstić information content (AvgIpc) is 3.23. The minimum Gasteiger partial charge on any atom is -0.480 e. The summed E-state index contributed by atoms with van der Waals surface area (Å²) in [6, 6.07) is 9.98. The van der Waals surface area contributed by atoms with E-state index in [1.165, 1.54) is 11.8 Å². The minimum absolute atomic E-state index is 0.0181. The van der Waals surface area contributed by atoms with Crippen LogP contribution >= 0.6 is 0 Å². The van der Waals surface area contributed by atoms with E-state index in [2.05, 4.69) is 5.16 Å². The Bertz CT molecular complexity index is 691. The van der Waals surface area contributed by atoms with Crippen molar-refractivity contribution in [1.82, 2.24) is 10.1 Å². The Kier molecular flexibility index (Phi) is 3.66. The molecule has 1 aromatic heterocycles. The molecular weight excluding hydrogens is 284 g/mol. The molecule has 0 aliphatic heterocycles. The molecule has 1 saturated carbocycles. The standard InChI is InChI=1S/C16H16N2O4/c1-10(16(20)21)18(12-7-8-12)15(19)13-9-14(22-17-13)11-5-3-2-4-6-11/h2-6,9-10,12H,7-8H2,1H3,(H,20,21). The number of benzene rings is 1. The molecule has 3 rings (SSSR count). The molecule has 6 nitrogen and oxygen atoms in total. The van der Waals surface area contributed by atoms with Crippen LogP contribution in [-0.2, 0) is 4.79 Å². The highest BCUT2D eigenvalue weighted by atomic mass is 16.5. The predicted octanol–water partition coefficient (Wildman–Crippen LogP) is 2.42. The van der Waals surface area contributed by atoms with Gasteiger partial charge in [0.15, 0.2) is 11.5 Å². The summed E-state index contributed by atoms with van der Waals surface area (Å²) in [7, 11) is 0. The van der Waals surface area contributed by atoms with Gasteiger partial charge in [-0.1, -0.05) is 35.5 Å². The second-order valence-corrected chi connectivity index (χ2v) is 5.40. The van der Waals surface area contributed by atoms with Crippen LogP contribution in [0.3, 0.4) is 0 Å². The topological polar surface area (TPSA) is 83.6 Å². The number of amides is 1. The molecule has 1 unspecified atom stereocenters. The van der Waals surface area contributed by atoms with Gasteiger partial charge in [-0.05, 0) is 19.8 Å². The molecule has 0 saturated heterocycles. The van der Waals surface area contributed by atoms with E-state index < -0.39 is 17.9 Å². The van der Waals surface area contributed by atoms with Gasteiger partial charge in [0.25, 0.3) is 5.91 Å². The quantitative estimate of drug-likeness (QED) is 0.916. The van der Waals surface area contributed by atoms with Crippen molar-refractivity contribution in [2.75, 3.05) is 0 Å². The van der Waals surface area contributed by atoms with Gasteiger partial charge in [-0.3, -0.25) is 4.79 Å². The molecule has 1 atom stereocenters. The summed E-state index contributed by atoms with van der Waals surface area (Å²) in [4.78, 5) is 25.1. The van der Waals surface area contributed by atoms with Crippen molar-refractivity contribution in [3.8, 4) is 11.3 Å². The number of carboxylic acid groups (broad SMARTS) is 1. The van der Waals surface area contributed by atoms with Crippen LogP contribution < -0.4 is 0 Å². The molecule has 1 heterocycles. The molecule has 1 N–H and O–H groups in total. The molecule has 1 aliphatic rings. The van der Waals surface area contributed by atoms with Crippen LogP contribution in [-0.4, -0.2) is 39.1 Å². The van der Waals surface area contributed by atoms with E-state index in [1.54, 1.807) is 6.07 Å². The Labute approximate surface area is 127 Å². The maximum absolute atomic E-state index is 12.6. The fourth-order valence-electron chi connectivity index (χ4n) is 2.38. The van der Waals surface area contributed by atoms with Gasteiger partial charge >= 0.3 is 5.97 Å². The monoisotopic (exact) mass is 300 g/mol. The van der Waals surface area contributed by atoms with Gasteiger partial charge in [-0.15, -0.1) is 0 Å². The lowest BCUT2D eigenvalue weighted by atomic mass is 10.1. The van der Waals surface area contributed by atoms with Crippen LogP contribution in [0.5, 0.6) is 0 Å². The predicted molar refractivity (Wildman–Crippen MR) is 78.2 cm³/mol. The fraction of sp³-hybridized carbons (Fsp3) is 0.312. The normalized spacial score (nSPS) is 15.3. The smallest absolute Gasteiger partial charge is 0.326 e. The van der Waals surface area contributed by atoms with Crippen molar-refractivity contribution in [3.63, 3.8) is 0 Å². The average molecular weight is 300 g/mol. The first-order chi connectivity index (χ1) is 10.6. The molecule has 1 aromatic carbocycles. The summed E-state index contributed by atoms with van der Waals surface area (Å²) in [5.74, 6) is -0.932. The second kappa shape index (κ2) is 5.63. The van der Waals surface area contributed by atoms with E-state index in [-0.39, 0.29) is 11.7 Å². The molecule has 2 aromatic rings. The van der Waals surface area contributed by atoms with Crippen molar-refractivity contribution in [2.45, 2.75) is 31.8 Å². The van der Waals surface area contributed by atoms with Crippen molar-refractivity contribution in [3.05, 3.63) is 42.1 Å². The first-order valence-corrected chi connectivity index (χ1v) is 7.15. The van der Waals surface area contributed by atoms with E-state index in [1.807, 2.05) is 30.3 Å². The third kappa shape index (κ3) is 2.72. The van der Waals surface area contributed by atoms with E-state index in [9.17, 15) is 14.7 Å². The number of carbonyl (C=O) groups excluding carboxylic acids is 1. The number of carboxylic acids is 1. The lowest BCUT2D eigenvalue weighted by molar-refractivity contribution is -0.141. The molecule has 0 bridgehead atoms. The maximum atomic E-state index is 12.6. The molecule has 6 heteroatoms. The van der Waals surface area contributed by atoms with Gasteiger partial charge in [0, 0.05) is 17.7 Å². The second-order valence-electron chi connectivity index (χ2n) is 5.40. The Balaban J connectivity index is 1.85. The summed E-state index contributed by atoms with van der Waals surface area (Å²) >= 11 is 0. The number of aliphatic carboxylic acids is 1. The highest BCUT2D eigenvalue weighted by Gasteiger charge is 2.39. The third-order valence-electron chi connectivity index (χ3n) is 3.74. The van der Waals surface area contributed by atoms with Gasteiger partial charge < -0.3 is 14.5 Å². The van der Waals surface area contributed by atoms with Crippen LogP contribution in [0, 0.1) is 0 Å². The van der Waals surface area contributed by atoms with Gasteiger partial charge in [0.2, 0.25) is 0 Å². The van der Waals surface area contributed by atoms with Crippen molar-refractivity contribution < 1.29 is 19.2 Å². The van der Waals surface area contributed by atoms with Crippen LogP contribution in [0.4, 0.5) is 0 Å². The Hall–Kier alpha value is -2.63. The Morgan fingerprint density at radius 2 is 2.00 bits per heavy atom. The molecular formula is C16H16N2O4. The van der Waals surface area contributed by atoms with Crippen LogP contribution in [0.1, 0.15) is 30.3 Å². The molecule has 1 fully saturated rings. The summed E-state index contributed by atoms with van der Waals surface area (Å²) in [5, 5.41) is 13.0. The largest absolute Gasteiger partial charge is 0.480 e. The van der Waals surface area contributed by atoms with Gasteiger partial charge in [-0.25, -0.2) is 4.79 Å². The summed E-state index contributed by atoms with van der Waals surface area (Å²) in [6.07, 6.45) is 1.65. The van der Waals surface area contributed by atoms with Crippen molar-refractivity contribution in [1.29, 1.82) is 0 Å². The summed E-state index contributed by atoms with van der Waals surface area (Å²) in [5.41, 5.74) is 0.956. The zero-order chi connectivity index (χ0) is 15.7. The first-order valence-electron chi connectivity index (χ1n) is 7.15. The SMILES string of the molecule is CC(C(=O)O)N(C(=O)c1cc(-c2ccccc2)on1)C1CC1. The maximum Gasteiger partial charge on any atom is 0.326 e. The number of rotatable bonds is 5. The zero-order valence-corrected chi connectivity index (χ0v) is 12.1. The third-order valence-corrected chi connectivity index (χ3v) is 3.74. The molecule has 1 aliphatic carbocycles.